The van der Waals surface area contributed by atoms with Gasteiger partial charge in [-0.3, -0.25) is 9.59 Å². The first-order valence-electron chi connectivity index (χ1n) is 12.1. The molecule has 9 nitrogen and oxygen atoms in total. The van der Waals surface area contributed by atoms with E-state index in [1.165, 1.54) is 15.6 Å². The van der Waals surface area contributed by atoms with Crippen molar-refractivity contribution in [1.29, 1.82) is 0 Å². The quantitative estimate of drug-likeness (QED) is 0.372. The third-order valence-corrected chi connectivity index (χ3v) is 8.49. The van der Waals surface area contributed by atoms with Crippen LogP contribution in [0.1, 0.15) is 38.8 Å². The lowest BCUT2D eigenvalue weighted by atomic mass is 9.93. The SMILES string of the molecule is O=C1c2c(O)c(=O)cc(-c3cccc4c3Cc3ccccc3SC4)n2N[C@@H]2Cn3c(nnc3C(F)(F)F)CN12. The number of alkyl halides is 3. The highest BCUT2D eigenvalue weighted by atomic mass is 32.2. The minimum absolute atomic E-state index is 0.0373. The van der Waals surface area contributed by atoms with E-state index in [2.05, 4.69) is 21.7 Å². The minimum Gasteiger partial charge on any atom is -0.502 e. The summed E-state index contributed by atoms with van der Waals surface area (Å²) in [5, 5.41) is 17.6. The molecule has 13 heteroatoms. The van der Waals surface area contributed by atoms with Crippen molar-refractivity contribution in [1.82, 2.24) is 24.3 Å². The van der Waals surface area contributed by atoms with Gasteiger partial charge in [0.05, 0.1) is 18.8 Å². The number of aromatic nitrogens is 4. The molecule has 0 unspecified atom stereocenters. The smallest absolute Gasteiger partial charge is 0.451 e. The van der Waals surface area contributed by atoms with Gasteiger partial charge >= 0.3 is 6.18 Å². The summed E-state index contributed by atoms with van der Waals surface area (Å²) in [4.78, 5) is 28.9. The van der Waals surface area contributed by atoms with Crippen molar-refractivity contribution < 1.29 is 23.1 Å². The average molecular weight is 553 g/mol. The molecule has 0 radical (unpaired) electrons. The van der Waals surface area contributed by atoms with Crippen LogP contribution >= 0.6 is 11.8 Å². The Balaban J connectivity index is 1.37. The zero-order valence-electron chi connectivity index (χ0n) is 20.1. The molecule has 2 aromatic carbocycles. The molecule has 0 aliphatic carbocycles. The maximum Gasteiger partial charge on any atom is 0.451 e. The number of benzene rings is 2. The number of amides is 1. The summed E-state index contributed by atoms with van der Waals surface area (Å²) in [7, 11) is 0. The Hall–Kier alpha value is -4.26. The van der Waals surface area contributed by atoms with Gasteiger partial charge in [0.25, 0.3) is 5.91 Å². The molecule has 5 heterocycles. The highest BCUT2D eigenvalue weighted by Crippen LogP contribution is 2.39. The first-order valence-corrected chi connectivity index (χ1v) is 13.1. The molecule has 0 fully saturated rings. The van der Waals surface area contributed by atoms with Gasteiger partial charge in [-0.05, 0) is 29.2 Å². The number of hydrogen-bond donors (Lipinski definition) is 2. The van der Waals surface area contributed by atoms with E-state index in [1.54, 1.807) is 11.8 Å². The van der Waals surface area contributed by atoms with Crippen molar-refractivity contribution >= 4 is 17.7 Å². The lowest BCUT2D eigenvalue weighted by Gasteiger charge is -2.42. The van der Waals surface area contributed by atoms with Crippen LogP contribution < -0.4 is 10.9 Å². The van der Waals surface area contributed by atoms with E-state index in [4.69, 9.17) is 0 Å². The molecule has 198 valence electrons. The zero-order chi connectivity index (χ0) is 27.1. The molecule has 2 N–H and O–H groups in total. The van der Waals surface area contributed by atoms with Gasteiger partial charge in [-0.15, -0.1) is 22.0 Å². The molecule has 7 rings (SSSR count). The largest absolute Gasteiger partial charge is 0.502 e. The van der Waals surface area contributed by atoms with Crippen LogP contribution in [0.5, 0.6) is 5.75 Å². The molecule has 0 spiro atoms. The molecule has 2 aromatic heterocycles. The fourth-order valence-corrected chi connectivity index (χ4v) is 6.56. The van der Waals surface area contributed by atoms with E-state index in [0.29, 0.717) is 23.4 Å². The predicted molar refractivity (Wildman–Crippen MR) is 135 cm³/mol. The lowest BCUT2D eigenvalue weighted by Crippen LogP contribution is -2.58. The monoisotopic (exact) mass is 552 g/mol. The summed E-state index contributed by atoms with van der Waals surface area (Å²) < 4.78 is 42.9. The number of thioether (sulfide) groups is 1. The number of carbonyl (C=O) groups is 1. The third kappa shape index (κ3) is 3.63. The summed E-state index contributed by atoms with van der Waals surface area (Å²) in [5.41, 5.74) is 6.26. The van der Waals surface area contributed by atoms with Crippen molar-refractivity contribution in [3.8, 4) is 17.0 Å². The predicted octanol–water partition coefficient (Wildman–Crippen LogP) is 3.57. The lowest BCUT2D eigenvalue weighted by molar-refractivity contribution is -0.148. The third-order valence-electron chi connectivity index (χ3n) is 7.33. The topological polar surface area (TPSA) is 105 Å². The van der Waals surface area contributed by atoms with Gasteiger partial charge in [0.15, 0.2) is 17.3 Å². The normalized spacial score (nSPS) is 17.8. The summed E-state index contributed by atoms with van der Waals surface area (Å²) in [5.74, 6) is -1.91. The second kappa shape index (κ2) is 8.37. The Kier molecular flexibility index (Phi) is 5.11. The average Bonchev–Trinajstić information content (AvgIpc) is 3.23. The summed E-state index contributed by atoms with van der Waals surface area (Å²) in [6.07, 6.45) is -5.04. The van der Waals surface area contributed by atoms with Gasteiger partial charge in [-0.2, -0.15) is 13.2 Å². The Morgan fingerprint density at radius 3 is 2.67 bits per heavy atom. The highest BCUT2D eigenvalue weighted by Gasteiger charge is 2.45. The van der Waals surface area contributed by atoms with Crippen LogP contribution in [0.4, 0.5) is 13.2 Å². The molecule has 0 bridgehead atoms. The van der Waals surface area contributed by atoms with E-state index in [1.807, 2.05) is 36.4 Å². The number of nitrogens with one attached hydrogen (secondary N) is 1. The van der Waals surface area contributed by atoms with Crippen molar-refractivity contribution in [2.75, 3.05) is 5.43 Å². The van der Waals surface area contributed by atoms with Gasteiger partial charge in [-0.25, -0.2) is 4.68 Å². The van der Waals surface area contributed by atoms with E-state index in [9.17, 15) is 27.9 Å². The summed E-state index contributed by atoms with van der Waals surface area (Å²) in [6.45, 7) is -0.544. The summed E-state index contributed by atoms with van der Waals surface area (Å²) >= 11 is 1.71. The van der Waals surface area contributed by atoms with Crippen LogP contribution in [0.2, 0.25) is 0 Å². The number of fused-ring (bicyclic) bond motifs is 5. The van der Waals surface area contributed by atoms with Crippen LogP contribution in [-0.4, -0.2) is 41.5 Å². The van der Waals surface area contributed by atoms with Crippen LogP contribution in [0.25, 0.3) is 11.3 Å². The number of rotatable bonds is 1. The number of pyridine rings is 1. The van der Waals surface area contributed by atoms with Gasteiger partial charge < -0.3 is 20.0 Å². The Morgan fingerprint density at radius 2 is 1.85 bits per heavy atom. The highest BCUT2D eigenvalue weighted by molar-refractivity contribution is 7.98. The molecule has 0 saturated carbocycles. The molecular formula is C26H19F3N6O3S. The van der Waals surface area contributed by atoms with E-state index in [0.717, 1.165) is 26.2 Å². The molecule has 39 heavy (non-hydrogen) atoms. The van der Waals surface area contributed by atoms with Crippen LogP contribution in [0, 0.1) is 0 Å². The number of nitrogens with zero attached hydrogens (tertiary/aromatic N) is 5. The Bertz CT molecular complexity index is 1750. The van der Waals surface area contributed by atoms with Crippen molar-refractivity contribution in [2.45, 2.75) is 42.5 Å². The summed E-state index contributed by atoms with van der Waals surface area (Å²) in [6, 6.07) is 15.0. The second-order valence-electron chi connectivity index (χ2n) is 9.57. The van der Waals surface area contributed by atoms with E-state index >= 15 is 0 Å². The molecule has 3 aliphatic heterocycles. The maximum atomic E-state index is 13.6. The van der Waals surface area contributed by atoms with E-state index in [-0.39, 0.29) is 24.6 Å². The maximum absolute atomic E-state index is 13.6. The zero-order valence-corrected chi connectivity index (χ0v) is 20.9. The molecule has 1 atom stereocenters. The van der Waals surface area contributed by atoms with Gasteiger partial charge in [0, 0.05) is 22.3 Å². The van der Waals surface area contributed by atoms with Gasteiger partial charge in [0.2, 0.25) is 11.3 Å². The first kappa shape index (κ1) is 23.8. The number of hydrogen-bond acceptors (Lipinski definition) is 7. The minimum atomic E-state index is -4.71. The van der Waals surface area contributed by atoms with Crippen LogP contribution in [-0.2, 0) is 31.4 Å². The van der Waals surface area contributed by atoms with Gasteiger partial charge in [-0.1, -0.05) is 36.4 Å². The molecular weight excluding hydrogens is 533 g/mol. The Labute approximate surface area is 222 Å². The van der Waals surface area contributed by atoms with Gasteiger partial charge in [0.1, 0.15) is 6.17 Å². The molecule has 3 aliphatic rings. The fourth-order valence-electron chi connectivity index (χ4n) is 5.48. The standard InChI is InChI=1S/C26H19F3N6O3S/c27-26(28,29)25-31-30-20-10-33-21(11-34(20)25)32-35-17(9-18(36)23(37)22(35)24(33)38)15-6-3-5-14-12-39-19-7-2-1-4-13(19)8-16(14)15/h1-7,9,21,32,37H,8,10-12H2/t21-/m0/s1. The van der Waals surface area contributed by atoms with Crippen LogP contribution in [0.15, 0.2) is 58.2 Å². The number of carbonyl (C=O) groups excluding carboxylic acids is 1. The number of halogens is 3. The molecule has 0 saturated heterocycles. The Morgan fingerprint density at radius 1 is 1.05 bits per heavy atom. The van der Waals surface area contributed by atoms with Crippen molar-refractivity contribution in [3.63, 3.8) is 0 Å². The fraction of sp³-hybridized carbons (Fsp3) is 0.231. The number of aromatic hydroxyl groups is 1. The molecule has 1 amide bonds. The van der Waals surface area contributed by atoms with Crippen molar-refractivity contribution in [3.05, 3.63) is 92.8 Å². The van der Waals surface area contributed by atoms with Crippen molar-refractivity contribution in [2.24, 2.45) is 0 Å². The second-order valence-corrected chi connectivity index (χ2v) is 10.6. The first-order chi connectivity index (χ1) is 18.7. The van der Waals surface area contributed by atoms with Crippen LogP contribution in [0.3, 0.4) is 0 Å². The van der Waals surface area contributed by atoms with E-state index < -0.39 is 35.3 Å². The molecule has 4 aromatic rings.